The van der Waals surface area contributed by atoms with Gasteiger partial charge in [-0.2, -0.15) is 0 Å². The van der Waals surface area contributed by atoms with E-state index in [9.17, 15) is 5.11 Å². The van der Waals surface area contributed by atoms with Crippen LogP contribution in [0.5, 0.6) is 5.75 Å². The Morgan fingerprint density at radius 3 is 2.40 bits per heavy atom. The van der Waals surface area contributed by atoms with Crippen molar-refractivity contribution in [3.05, 3.63) is 29.8 Å². The molecule has 1 aromatic carbocycles. The maximum absolute atomic E-state index is 10.4. The highest BCUT2D eigenvalue weighted by Gasteiger charge is 2.27. The van der Waals surface area contributed by atoms with Crippen LogP contribution in [0.2, 0.25) is 0 Å². The highest BCUT2D eigenvalue weighted by atomic mass is 16.5. The summed E-state index contributed by atoms with van der Waals surface area (Å²) in [6, 6.07) is 8.38. The summed E-state index contributed by atoms with van der Waals surface area (Å²) in [4.78, 5) is 2.38. The predicted molar refractivity (Wildman–Crippen MR) is 82.0 cm³/mol. The van der Waals surface area contributed by atoms with E-state index in [1.54, 1.807) is 0 Å². The Labute approximate surface area is 122 Å². The maximum Gasteiger partial charge on any atom is 0.119 e. The summed E-state index contributed by atoms with van der Waals surface area (Å²) in [6.45, 7) is 10.4. The molecule has 1 aromatic rings. The molecule has 0 bridgehead atoms. The second kappa shape index (κ2) is 6.59. The Morgan fingerprint density at radius 1 is 1.25 bits per heavy atom. The summed E-state index contributed by atoms with van der Waals surface area (Å²) < 4.78 is 5.62. The Bertz CT molecular complexity index is 416. The van der Waals surface area contributed by atoms with Crippen LogP contribution in [0.1, 0.15) is 45.8 Å². The molecule has 1 aliphatic rings. The predicted octanol–water partition coefficient (Wildman–Crippen LogP) is 3.24. The molecule has 3 atom stereocenters. The zero-order chi connectivity index (χ0) is 14.7. The first-order valence-electron chi connectivity index (χ1n) is 7.64. The van der Waals surface area contributed by atoms with Crippen LogP contribution < -0.4 is 4.74 Å². The normalized spacial score (nSPS) is 25.1. The lowest BCUT2D eigenvalue weighted by Gasteiger charge is -2.24. The van der Waals surface area contributed by atoms with Gasteiger partial charge in [-0.15, -0.1) is 0 Å². The van der Waals surface area contributed by atoms with E-state index >= 15 is 0 Å². The third-order valence-corrected chi connectivity index (χ3v) is 3.96. The van der Waals surface area contributed by atoms with Gasteiger partial charge in [0.1, 0.15) is 5.75 Å². The lowest BCUT2D eigenvalue weighted by atomic mass is 10.1. The van der Waals surface area contributed by atoms with Crippen LogP contribution in [0.15, 0.2) is 24.3 Å². The van der Waals surface area contributed by atoms with Gasteiger partial charge in [-0.1, -0.05) is 19.1 Å². The van der Waals surface area contributed by atoms with Crippen LogP contribution in [0.3, 0.4) is 0 Å². The number of β-amino-alcohol motifs (C(OH)–C–C–N with tert-alkyl or cyclic N) is 1. The van der Waals surface area contributed by atoms with Crippen molar-refractivity contribution in [3.8, 4) is 5.75 Å². The Morgan fingerprint density at radius 2 is 1.90 bits per heavy atom. The van der Waals surface area contributed by atoms with E-state index < -0.39 is 6.10 Å². The molecule has 3 unspecified atom stereocenters. The SMILES string of the molecule is CC1CC(C)N(CC(O)c2ccc(OC(C)C)cc2)C1. The monoisotopic (exact) mass is 277 g/mol. The number of hydrogen-bond donors (Lipinski definition) is 1. The van der Waals surface area contributed by atoms with Gasteiger partial charge in [0.25, 0.3) is 0 Å². The second-order valence-corrected chi connectivity index (χ2v) is 6.40. The third kappa shape index (κ3) is 3.97. The molecule has 0 radical (unpaired) electrons. The Hall–Kier alpha value is -1.06. The largest absolute Gasteiger partial charge is 0.491 e. The summed E-state index contributed by atoms with van der Waals surface area (Å²) >= 11 is 0. The van der Waals surface area contributed by atoms with Crippen molar-refractivity contribution in [2.45, 2.75) is 52.4 Å². The summed E-state index contributed by atoms with van der Waals surface area (Å²) in [5.74, 6) is 1.60. The molecule has 0 aliphatic carbocycles. The smallest absolute Gasteiger partial charge is 0.119 e. The van der Waals surface area contributed by atoms with Gasteiger partial charge in [0.05, 0.1) is 12.2 Å². The first-order chi connectivity index (χ1) is 9.45. The molecular formula is C17H27NO2. The van der Waals surface area contributed by atoms with Gasteiger partial charge in [-0.05, 0) is 50.8 Å². The van der Waals surface area contributed by atoms with Gasteiger partial charge in [0.2, 0.25) is 0 Å². The van der Waals surface area contributed by atoms with Crippen LogP contribution in [-0.2, 0) is 0 Å². The van der Waals surface area contributed by atoms with Crippen molar-refractivity contribution < 1.29 is 9.84 Å². The number of aliphatic hydroxyl groups excluding tert-OH is 1. The standard InChI is InChI=1S/C17H27NO2/c1-12(2)20-16-7-5-15(6-8-16)17(19)11-18-10-13(3)9-14(18)4/h5-8,12-14,17,19H,9-11H2,1-4H3. The van der Waals surface area contributed by atoms with Gasteiger partial charge in [0.15, 0.2) is 0 Å². The summed E-state index contributed by atoms with van der Waals surface area (Å²) in [5, 5.41) is 10.4. The van der Waals surface area contributed by atoms with Crippen LogP contribution in [-0.4, -0.2) is 35.2 Å². The molecule has 3 heteroatoms. The lowest BCUT2D eigenvalue weighted by molar-refractivity contribution is 0.109. The number of nitrogens with zero attached hydrogens (tertiary/aromatic N) is 1. The molecule has 112 valence electrons. The molecule has 1 saturated heterocycles. The molecule has 1 heterocycles. The van der Waals surface area contributed by atoms with Gasteiger partial charge in [-0.3, -0.25) is 4.90 Å². The molecule has 1 aliphatic heterocycles. The second-order valence-electron chi connectivity index (χ2n) is 6.40. The maximum atomic E-state index is 10.4. The molecule has 2 rings (SSSR count). The van der Waals surface area contributed by atoms with Gasteiger partial charge < -0.3 is 9.84 Å². The lowest BCUT2D eigenvalue weighted by Crippen LogP contribution is -2.31. The zero-order valence-electron chi connectivity index (χ0n) is 13.0. The number of ether oxygens (including phenoxy) is 1. The fourth-order valence-electron chi connectivity index (χ4n) is 3.01. The minimum Gasteiger partial charge on any atom is -0.491 e. The quantitative estimate of drug-likeness (QED) is 0.897. The Balaban J connectivity index is 1.93. The molecule has 3 nitrogen and oxygen atoms in total. The first kappa shape index (κ1) is 15.3. The van der Waals surface area contributed by atoms with Gasteiger partial charge >= 0.3 is 0 Å². The van der Waals surface area contributed by atoms with E-state index in [-0.39, 0.29) is 6.10 Å². The number of rotatable bonds is 5. The van der Waals surface area contributed by atoms with E-state index in [0.717, 1.165) is 30.3 Å². The Kier molecular flexibility index (Phi) is 5.06. The van der Waals surface area contributed by atoms with E-state index in [0.29, 0.717) is 6.04 Å². The molecular weight excluding hydrogens is 250 g/mol. The van der Waals surface area contributed by atoms with Gasteiger partial charge in [0, 0.05) is 19.1 Å². The first-order valence-corrected chi connectivity index (χ1v) is 7.64. The van der Waals surface area contributed by atoms with Crippen LogP contribution in [0, 0.1) is 5.92 Å². The molecule has 1 fully saturated rings. The topological polar surface area (TPSA) is 32.7 Å². The fraction of sp³-hybridized carbons (Fsp3) is 0.647. The number of likely N-dealkylation sites (tertiary alicyclic amines) is 1. The average molecular weight is 277 g/mol. The van der Waals surface area contributed by atoms with Crippen molar-refractivity contribution in [3.63, 3.8) is 0 Å². The third-order valence-electron chi connectivity index (χ3n) is 3.96. The number of hydrogen-bond acceptors (Lipinski definition) is 3. The van der Waals surface area contributed by atoms with E-state index in [2.05, 4.69) is 18.7 Å². The van der Waals surface area contributed by atoms with Crippen molar-refractivity contribution >= 4 is 0 Å². The van der Waals surface area contributed by atoms with E-state index in [1.807, 2.05) is 38.1 Å². The molecule has 20 heavy (non-hydrogen) atoms. The molecule has 1 N–H and O–H groups in total. The van der Waals surface area contributed by atoms with Gasteiger partial charge in [-0.25, -0.2) is 0 Å². The summed E-state index contributed by atoms with van der Waals surface area (Å²) in [7, 11) is 0. The molecule has 0 saturated carbocycles. The van der Waals surface area contributed by atoms with E-state index in [4.69, 9.17) is 4.74 Å². The number of aliphatic hydroxyl groups is 1. The van der Waals surface area contributed by atoms with Crippen molar-refractivity contribution in [2.24, 2.45) is 5.92 Å². The minimum atomic E-state index is -0.421. The molecule has 0 aromatic heterocycles. The highest BCUT2D eigenvalue weighted by Crippen LogP contribution is 2.26. The van der Waals surface area contributed by atoms with Crippen LogP contribution in [0.25, 0.3) is 0 Å². The fourth-order valence-corrected chi connectivity index (χ4v) is 3.01. The average Bonchev–Trinajstić information content (AvgIpc) is 2.68. The van der Waals surface area contributed by atoms with Crippen molar-refractivity contribution in [1.29, 1.82) is 0 Å². The summed E-state index contributed by atoms with van der Waals surface area (Å²) in [6.07, 6.45) is 0.988. The number of benzene rings is 1. The zero-order valence-corrected chi connectivity index (χ0v) is 13.0. The summed E-state index contributed by atoms with van der Waals surface area (Å²) in [5.41, 5.74) is 0.966. The molecule has 0 amide bonds. The van der Waals surface area contributed by atoms with Crippen LogP contribution >= 0.6 is 0 Å². The minimum absolute atomic E-state index is 0.178. The highest BCUT2D eigenvalue weighted by molar-refractivity contribution is 5.28. The van der Waals surface area contributed by atoms with Crippen molar-refractivity contribution in [1.82, 2.24) is 4.90 Å². The van der Waals surface area contributed by atoms with E-state index in [1.165, 1.54) is 6.42 Å². The molecule has 0 spiro atoms. The van der Waals surface area contributed by atoms with Crippen molar-refractivity contribution in [2.75, 3.05) is 13.1 Å². The van der Waals surface area contributed by atoms with Crippen LogP contribution in [0.4, 0.5) is 0 Å².